The number of benzene rings is 3. The Bertz CT molecular complexity index is 1610. The van der Waals surface area contributed by atoms with E-state index < -0.39 is 21.9 Å². The van der Waals surface area contributed by atoms with E-state index in [0.717, 1.165) is 11.1 Å². The summed E-state index contributed by atoms with van der Waals surface area (Å²) in [5.41, 5.74) is 3.11. The fourth-order valence-corrected chi connectivity index (χ4v) is 6.32. The maximum Gasteiger partial charge on any atom is 0.341 e. The Balaban J connectivity index is 1.68. The molecular formula is C28H25ClN2O5S2. The van der Waals surface area contributed by atoms with Gasteiger partial charge in [0.25, 0.3) is 15.9 Å². The third-order valence-electron chi connectivity index (χ3n) is 5.70. The van der Waals surface area contributed by atoms with Crippen LogP contribution in [0.2, 0.25) is 5.02 Å². The van der Waals surface area contributed by atoms with Crippen LogP contribution in [0.3, 0.4) is 0 Å². The molecule has 1 amide bonds. The van der Waals surface area contributed by atoms with E-state index in [1.165, 1.54) is 23.5 Å². The molecule has 0 fully saturated rings. The summed E-state index contributed by atoms with van der Waals surface area (Å²) in [5.74, 6) is -1.17. The van der Waals surface area contributed by atoms with E-state index in [2.05, 4.69) is 10.0 Å². The van der Waals surface area contributed by atoms with Gasteiger partial charge in [0.15, 0.2) is 0 Å². The lowest BCUT2D eigenvalue weighted by molar-refractivity contribution is 0.0529. The van der Waals surface area contributed by atoms with Crippen LogP contribution in [0.1, 0.15) is 38.8 Å². The van der Waals surface area contributed by atoms with Gasteiger partial charge in [-0.2, -0.15) is 0 Å². The van der Waals surface area contributed by atoms with E-state index in [1.807, 2.05) is 6.07 Å². The van der Waals surface area contributed by atoms with Gasteiger partial charge in [0.05, 0.1) is 22.8 Å². The smallest absolute Gasteiger partial charge is 0.341 e. The summed E-state index contributed by atoms with van der Waals surface area (Å²) in [6.07, 6.45) is 0. The number of nitrogens with one attached hydrogen (secondary N) is 2. The van der Waals surface area contributed by atoms with Crippen LogP contribution in [0.5, 0.6) is 0 Å². The number of thiophene rings is 1. The number of halogens is 1. The zero-order valence-corrected chi connectivity index (χ0v) is 23.3. The van der Waals surface area contributed by atoms with Gasteiger partial charge in [-0.25, -0.2) is 13.2 Å². The van der Waals surface area contributed by atoms with Crippen LogP contribution < -0.4 is 10.0 Å². The minimum absolute atomic E-state index is 0.0950. The molecule has 0 aliphatic rings. The van der Waals surface area contributed by atoms with Crippen LogP contribution in [0, 0.1) is 13.8 Å². The Labute approximate surface area is 230 Å². The molecule has 0 unspecified atom stereocenters. The molecule has 4 rings (SSSR count). The average Bonchev–Trinajstić information content (AvgIpc) is 3.29. The zero-order valence-electron chi connectivity index (χ0n) is 20.9. The highest BCUT2D eigenvalue weighted by Crippen LogP contribution is 2.37. The molecule has 1 heterocycles. The van der Waals surface area contributed by atoms with Crippen molar-refractivity contribution in [1.82, 2.24) is 0 Å². The number of ether oxygens (including phenoxy) is 1. The molecule has 10 heteroatoms. The molecule has 0 atom stereocenters. The minimum Gasteiger partial charge on any atom is -0.462 e. The summed E-state index contributed by atoms with van der Waals surface area (Å²) in [6.45, 7) is 5.37. The number of anilines is 2. The van der Waals surface area contributed by atoms with Crippen LogP contribution in [-0.2, 0) is 14.8 Å². The van der Waals surface area contributed by atoms with E-state index in [4.69, 9.17) is 16.3 Å². The number of carbonyl (C=O) groups excluding carboxylic acids is 2. The highest BCUT2D eigenvalue weighted by atomic mass is 35.5. The number of sulfonamides is 1. The van der Waals surface area contributed by atoms with Gasteiger partial charge < -0.3 is 10.1 Å². The van der Waals surface area contributed by atoms with Gasteiger partial charge >= 0.3 is 5.97 Å². The molecule has 0 saturated heterocycles. The number of hydrogen-bond acceptors (Lipinski definition) is 6. The topological polar surface area (TPSA) is 102 Å². The Morgan fingerprint density at radius 3 is 2.42 bits per heavy atom. The number of hydrogen-bond donors (Lipinski definition) is 2. The molecule has 2 N–H and O–H groups in total. The highest BCUT2D eigenvalue weighted by molar-refractivity contribution is 7.92. The van der Waals surface area contributed by atoms with E-state index in [0.29, 0.717) is 16.1 Å². The Hall–Kier alpha value is -3.66. The summed E-state index contributed by atoms with van der Waals surface area (Å²) in [7, 11) is -3.97. The standard InChI is InChI=1S/C28H25ClN2O5S2/c1-4-36-28(33)25-22(19-11-13-20(29)14-12-19)16-37-27(25)30-26(32)21-7-5-6-8-23(21)31-38(34,35)24-15-17(2)9-10-18(24)3/h5-16,31H,4H2,1-3H3,(H,30,32). The number of carbonyl (C=O) groups is 2. The molecule has 0 aliphatic carbocycles. The van der Waals surface area contributed by atoms with Gasteiger partial charge in [0.1, 0.15) is 10.6 Å². The summed E-state index contributed by atoms with van der Waals surface area (Å²) in [4.78, 5) is 26.4. The number of rotatable bonds is 8. The number of esters is 1. The van der Waals surface area contributed by atoms with Crippen molar-refractivity contribution in [3.63, 3.8) is 0 Å². The van der Waals surface area contributed by atoms with Gasteiger partial charge in [-0.15, -0.1) is 11.3 Å². The zero-order chi connectivity index (χ0) is 27.4. The Morgan fingerprint density at radius 1 is 1.00 bits per heavy atom. The highest BCUT2D eigenvalue weighted by Gasteiger charge is 2.25. The van der Waals surface area contributed by atoms with Crippen molar-refractivity contribution in [2.75, 3.05) is 16.6 Å². The molecule has 38 heavy (non-hydrogen) atoms. The normalized spacial score (nSPS) is 11.2. The fourth-order valence-electron chi connectivity index (χ4n) is 3.83. The van der Waals surface area contributed by atoms with Crippen molar-refractivity contribution in [2.45, 2.75) is 25.7 Å². The van der Waals surface area contributed by atoms with Crippen molar-refractivity contribution in [2.24, 2.45) is 0 Å². The minimum atomic E-state index is -3.97. The third kappa shape index (κ3) is 5.91. The van der Waals surface area contributed by atoms with Crippen molar-refractivity contribution < 1.29 is 22.7 Å². The number of aryl methyl sites for hydroxylation is 2. The largest absolute Gasteiger partial charge is 0.462 e. The molecule has 0 spiro atoms. The monoisotopic (exact) mass is 568 g/mol. The first-order valence-electron chi connectivity index (χ1n) is 11.7. The van der Waals surface area contributed by atoms with Gasteiger partial charge in [0.2, 0.25) is 0 Å². The van der Waals surface area contributed by atoms with E-state index in [-0.39, 0.29) is 33.3 Å². The first-order chi connectivity index (χ1) is 18.1. The van der Waals surface area contributed by atoms with Crippen LogP contribution in [0.15, 0.2) is 77.0 Å². The molecule has 0 saturated carbocycles. The molecular weight excluding hydrogens is 544 g/mol. The quantitative estimate of drug-likeness (QED) is 0.225. The number of amides is 1. The lowest BCUT2D eigenvalue weighted by atomic mass is 10.0. The molecule has 3 aromatic carbocycles. The molecule has 0 radical (unpaired) electrons. The first kappa shape index (κ1) is 27.4. The van der Waals surface area contributed by atoms with Crippen LogP contribution in [-0.4, -0.2) is 26.9 Å². The Kier molecular flexibility index (Phi) is 8.20. The van der Waals surface area contributed by atoms with Crippen molar-refractivity contribution >= 4 is 55.5 Å². The molecule has 1 aromatic heterocycles. The van der Waals surface area contributed by atoms with Crippen LogP contribution in [0.4, 0.5) is 10.7 Å². The Morgan fingerprint density at radius 2 is 1.71 bits per heavy atom. The maximum absolute atomic E-state index is 13.4. The number of para-hydroxylation sites is 1. The molecule has 196 valence electrons. The second kappa shape index (κ2) is 11.4. The first-order valence-corrected chi connectivity index (χ1v) is 14.4. The predicted octanol–water partition coefficient (Wildman–Crippen LogP) is 6.92. The summed E-state index contributed by atoms with van der Waals surface area (Å²) >= 11 is 7.18. The van der Waals surface area contributed by atoms with Gasteiger partial charge in [-0.3, -0.25) is 9.52 Å². The average molecular weight is 569 g/mol. The predicted molar refractivity (Wildman–Crippen MR) is 152 cm³/mol. The lowest BCUT2D eigenvalue weighted by Crippen LogP contribution is -2.20. The van der Waals surface area contributed by atoms with Gasteiger partial charge in [-0.05, 0) is 67.8 Å². The van der Waals surface area contributed by atoms with Gasteiger partial charge in [0, 0.05) is 16.0 Å². The summed E-state index contributed by atoms with van der Waals surface area (Å²) < 4.78 is 34.2. The second-order valence-corrected chi connectivity index (χ2v) is 11.4. The van der Waals surface area contributed by atoms with E-state index in [9.17, 15) is 18.0 Å². The van der Waals surface area contributed by atoms with Crippen LogP contribution >= 0.6 is 22.9 Å². The fraction of sp³-hybridized carbons (Fsp3) is 0.143. The second-order valence-electron chi connectivity index (χ2n) is 8.46. The summed E-state index contributed by atoms with van der Waals surface area (Å²) in [6, 6.07) is 18.4. The van der Waals surface area contributed by atoms with Crippen LogP contribution in [0.25, 0.3) is 11.1 Å². The molecule has 0 aliphatic heterocycles. The van der Waals surface area contributed by atoms with E-state index in [1.54, 1.807) is 74.7 Å². The lowest BCUT2D eigenvalue weighted by Gasteiger charge is -2.14. The van der Waals surface area contributed by atoms with E-state index >= 15 is 0 Å². The SMILES string of the molecule is CCOC(=O)c1c(-c2ccc(Cl)cc2)csc1NC(=O)c1ccccc1NS(=O)(=O)c1cc(C)ccc1C. The summed E-state index contributed by atoms with van der Waals surface area (Å²) in [5, 5.41) is 5.36. The molecule has 0 bridgehead atoms. The van der Waals surface area contributed by atoms with Crippen molar-refractivity contribution in [3.05, 3.63) is 99.4 Å². The molecule has 7 nitrogen and oxygen atoms in total. The van der Waals surface area contributed by atoms with Gasteiger partial charge in [-0.1, -0.05) is 48.0 Å². The molecule has 4 aromatic rings. The maximum atomic E-state index is 13.4. The van der Waals surface area contributed by atoms with Crippen molar-refractivity contribution in [1.29, 1.82) is 0 Å². The van der Waals surface area contributed by atoms with Crippen molar-refractivity contribution in [3.8, 4) is 11.1 Å². The third-order valence-corrected chi connectivity index (χ3v) is 8.36.